The molecule has 112 valence electrons. The second kappa shape index (κ2) is 6.87. The standard InChI is InChI=1S/C17H23N3O/c1-21-14-17-6-9-19(12-17)11-15-4-2-5-16(10-15)13-20-8-3-7-18-20/h2-5,7-8,10,17H,6,9,11-14H2,1H3/t17-/m1/s1. The second-order valence-corrected chi connectivity index (χ2v) is 5.87. The third-order valence-corrected chi connectivity index (χ3v) is 4.07. The van der Waals surface area contributed by atoms with Crippen LogP contribution in [-0.4, -0.2) is 41.5 Å². The Morgan fingerprint density at radius 3 is 2.86 bits per heavy atom. The monoisotopic (exact) mass is 285 g/mol. The number of benzene rings is 1. The number of hydrogen-bond acceptors (Lipinski definition) is 3. The zero-order chi connectivity index (χ0) is 14.5. The quantitative estimate of drug-likeness (QED) is 0.816. The highest BCUT2D eigenvalue weighted by Gasteiger charge is 2.22. The van der Waals surface area contributed by atoms with E-state index in [4.69, 9.17) is 4.74 Å². The van der Waals surface area contributed by atoms with E-state index in [1.54, 1.807) is 7.11 Å². The molecule has 21 heavy (non-hydrogen) atoms. The molecule has 1 aliphatic heterocycles. The minimum atomic E-state index is 0.697. The smallest absolute Gasteiger partial charge is 0.0659 e. The van der Waals surface area contributed by atoms with Crippen molar-refractivity contribution >= 4 is 0 Å². The lowest BCUT2D eigenvalue weighted by Gasteiger charge is -2.16. The molecular weight excluding hydrogens is 262 g/mol. The molecule has 1 aromatic heterocycles. The van der Waals surface area contributed by atoms with Gasteiger partial charge in [0.1, 0.15) is 0 Å². The number of likely N-dealkylation sites (tertiary alicyclic amines) is 1. The Morgan fingerprint density at radius 2 is 2.10 bits per heavy atom. The lowest BCUT2D eigenvalue weighted by atomic mass is 10.1. The van der Waals surface area contributed by atoms with E-state index in [9.17, 15) is 0 Å². The van der Waals surface area contributed by atoms with Gasteiger partial charge in [-0.05, 0) is 36.1 Å². The van der Waals surface area contributed by atoms with Gasteiger partial charge in [-0.25, -0.2) is 0 Å². The summed E-state index contributed by atoms with van der Waals surface area (Å²) in [5, 5.41) is 4.27. The maximum Gasteiger partial charge on any atom is 0.0659 e. The molecule has 0 bridgehead atoms. The fourth-order valence-electron chi connectivity index (χ4n) is 3.09. The van der Waals surface area contributed by atoms with Gasteiger partial charge in [-0.2, -0.15) is 5.10 Å². The van der Waals surface area contributed by atoms with Gasteiger partial charge in [0.05, 0.1) is 13.2 Å². The Morgan fingerprint density at radius 1 is 1.24 bits per heavy atom. The second-order valence-electron chi connectivity index (χ2n) is 5.87. The molecule has 0 spiro atoms. The van der Waals surface area contributed by atoms with Crippen LogP contribution in [0.2, 0.25) is 0 Å². The van der Waals surface area contributed by atoms with Crippen LogP contribution in [0.25, 0.3) is 0 Å². The first kappa shape index (κ1) is 14.3. The van der Waals surface area contributed by atoms with Crippen LogP contribution in [0.4, 0.5) is 0 Å². The molecule has 1 fully saturated rings. The van der Waals surface area contributed by atoms with Gasteiger partial charge in [0, 0.05) is 32.6 Å². The van der Waals surface area contributed by atoms with Crippen LogP contribution in [0, 0.1) is 5.92 Å². The topological polar surface area (TPSA) is 30.3 Å². The highest BCUT2D eigenvalue weighted by atomic mass is 16.5. The van der Waals surface area contributed by atoms with Crippen molar-refractivity contribution in [2.45, 2.75) is 19.5 Å². The number of nitrogens with zero attached hydrogens (tertiary/aromatic N) is 3. The van der Waals surface area contributed by atoms with Gasteiger partial charge in [-0.3, -0.25) is 9.58 Å². The molecule has 3 rings (SSSR count). The van der Waals surface area contributed by atoms with Crippen LogP contribution in [-0.2, 0) is 17.8 Å². The molecule has 0 saturated carbocycles. The summed E-state index contributed by atoms with van der Waals surface area (Å²) in [6.07, 6.45) is 5.08. The molecule has 2 aromatic rings. The third kappa shape index (κ3) is 3.93. The van der Waals surface area contributed by atoms with Crippen molar-refractivity contribution in [3.05, 3.63) is 53.9 Å². The molecule has 0 amide bonds. The molecule has 0 unspecified atom stereocenters. The van der Waals surface area contributed by atoms with Crippen molar-refractivity contribution < 1.29 is 4.74 Å². The summed E-state index contributed by atoms with van der Waals surface area (Å²) in [7, 11) is 1.79. The molecule has 1 saturated heterocycles. The van der Waals surface area contributed by atoms with Gasteiger partial charge in [0.25, 0.3) is 0 Å². The summed E-state index contributed by atoms with van der Waals surface area (Å²) < 4.78 is 7.23. The van der Waals surface area contributed by atoms with Crippen LogP contribution in [0.15, 0.2) is 42.7 Å². The molecule has 4 nitrogen and oxygen atoms in total. The summed E-state index contributed by atoms with van der Waals surface area (Å²) in [4.78, 5) is 2.52. The van der Waals surface area contributed by atoms with E-state index in [0.717, 1.165) is 26.2 Å². The predicted octanol–water partition coefficient (Wildman–Crippen LogP) is 2.40. The van der Waals surface area contributed by atoms with Crippen molar-refractivity contribution in [2.24, 2.45) is 5.92 Å². The van der Waals surface area contributed by atoms with Crippen molar-refractivity contribution in [2.75, 3.05) is 26.8 Å². The fourth-order valence-corrected chi connectivity index (χ4v) is 3.09. The zero-order valence-electron chi connectivity index (χ0n) is 12.6. The highest BCUT2D eigenvalue weighted by molar-refractivity contribution is 5.23. The van der Waals surface area contributed by atoms with Crippen molar-refractivity contribution in [3.8, 4) is 0 Å². The number of methoxy groups -OCH3 is 1. The first-order valence-electron chi connectivity index (χ1n) is 7.60. The minimum Gasteiger partial charge on any atom is -0.384 e. The van der Waals surface area contributed by atoms with Crippen LogP contribution >= 0.6 is 0 Å². The van der Waals surface area contributed by atoms with Crippen LogP contribution < -0.4 is 0 Å². The highest BCUT2D eigenvalue weighted by Crippen LogP contribution is 2.19. The Balaban J connectivity index is 1.59. The largest absolute Gasteiger partial charge is 0.384 e. The molecule has 0 N–H and O–H groups in total. The van der Waals surface area contributed by atoms with E-state index in [1.165, 1.54) is 24.1 Å². The molecule has 0 aliphatic carbocycles. The van der Waals surface area contributed by atoms with E-state index < -0.39 is 0 Å². The number of rotatable bonds is 6. The number of hydrogen-bond donors (Lipinski definition) is 0. The first-order valence-corrected chi connectivity index (χ1v) is 7.60. The summed E-state index contributed by atoms with van der Waals surface area (Å²) in [6, 6.07) is 10.8. The van der Waals surface area contributed by atoms with Crippen molar-refractivity contribution in [1.82, 2.24) is 14.7 Å². The van der Waals surface area contributed by atoms with Gasteiger partial charge in [0.15, 0.2) is 0 Å². The fraction of sp³-hybridized carbons (Fsp3) is 0.471. The molecular formula is C17H23N3O. The molecule has 2 heterocycles. The summed E-state index contributed by atoms with van der Waals surface area (Å²) >= 11 is 0. The van der Waals surface area contributed by atoms with E-state index in [-0.39, 0.29) is 0 Å². The molecule has 1 aliphatic rings. The summed E-state index contributed by atoms with van der Waals surface area (Å²) in [6.45, 7) is 5.09. The normalized spacial score (nSPS) is 19.2. The van der Waals surface area contributed by atoms with Gasteiger partial charge in [-0.15, -0.1) is 0 Å². The minimum absolute atomic E-state index is 0.697. The Hall–Kier alpha value is -1.65. The average Bonchev–Trinajstić information content (AvgIpc) is 3.12. The lowest BCUT2D eigenvalue weighted by molar-refractivity contribution is 0.152. The molecule has 1 atom stereocenters. The maximum atomic E-state index is 5.27. The summed E-state index contributed by atoms with van der Waals surface area (Å²) in [5.41, 5.74) is 2.70. The van der Waals surface area contributed by atoms with Crippen LogP contribution in [0.5, 0.6) is 0 Å². The van der Waals surface area contributed by atoms with Gasteiger partial charge in [-0.1, -0.05) is 24.3 Å². The van der Waals surface area contributed by atoms with Crippen molar-refractivity contribution in [3.63, 3.8) is 0 Å². The van der Waals surface area contributed by atoms with E-state index >= 15 is 0 Å². The van der Waals surface area contributed by atoms with E-state index in [0.29, 0.717) is 5.92 Å². The Labute approximate surface area is 126 Å². The van der Waals surface area contributed by atoms with E-state index in [1.807, 2.05) is 23.1 Å². The average molecular weight is 285 g/mol. The molecule has 4 heteroatoms. The van der Waals surface area contributed by atoms with E-state index in [2.05, 4.69) is 34.3 Å². The SMILES string of the molecule is COC[C@@H]1CCN(Cc2cccc(Cn3cccn3)c2)C1. The summed E-state index contributed by atoms with van der Waals surface area (Å²) in [5.74, 6) is 0.697. The van der Waals surface area contributed by atoms with Gasteiger partial charge < -0.3 is 4.74 Å². The van der Waals surface area contributed by atoms with Crippen molar-refractivity contribution in [1.29, 1.82) is 0 Å². The molecule has 1 aromatic carbocycles. The van der Waals surface area contributed by atoms with Crippen LogP contribution in [0.3, 0.4) is 0 Å². The first-order chi connectivity index (χ1) is 10.3. The Bertz CT molecular complexity index is 553. The Kier molecular flexibility index (Phi) is 4.68. The third-order valence-electron chi connectivity index (χ3n) is 4.07. The lowest BCUT2D eigenvalue weighted by Crippen LogP contribution is -2.21. The zero-order valence-corrected chi connectivity index (χ0v) is 12.6. The van der Waals surface area contributed by atoms with Gasteiger partial charge >= 0.3 is 0 Å². The number of aromatic nitrogens is 2. The van der Waals surface area contributed by atoms with Gasteiger partial charge in [0.2, 0.25) is 0 Å². The van der Waals surface area contributed by atoms with Crippen LogP contribution in [0.1, 0.15) is 17.5 Å². The molecule has 0 radical (unpaired) electrons. The maximum absolute atomic E-state index is 5.27. The predicted molar refractivity (Wildman–Crippen MR) is 83.0 cm³/mol. The number of ether oxygens (including phenoxy) is 1.